The molecule has 0 fully saturated rings. The first-order valence-corrected chi connectivity index (χ1v) is 5.88. The molecule has 0 aliphatic rings. The van der Waals surface area contributed by atoms with Crippen LogP contribution < -0.4 is 4.74 Å². The summed E-state index contributed by atoms with van der Waals surface area (Å²) in [7, 11) is 0. The van der Waals surface area contributed by atoms with Gasteiger partial charge in [-0.25, -0.2) is 4.79 Å². The molecule has 17 heavy (non-hydrogen) atoms. The van der Waals surface area contributed by atoms with Crippen LogP contribution in [0.3, 0.4) is 0 Å². The van der Waals surface area contributed by atoms with Crippen molar-refractivity contribution < 1.29 is 14.3 Å². The minimum Gasteiger partial charge on any atom is -0.429 e. The molecule has 0 aliphatic carbocycles. The Balaban J connectivity index is 2.56. The monoisotopic (exact) mass is 315 g/mol. The summed E-state index contributed by atoms with van der Waals surface area (Å²) >= 11 is 21.9. The van der Waals surface area contributed by atoms with E-state index >= 15 is 0 Å². The second-order valence-corrected chi connectivity index (χ2v) is 6.03. The minimum absolute atomic E-state index is 0.237. The Labute approximate surface area is 118 Å². The van der Waals surface area contributed by atoms with Crippen molar-refractivity contribution in [2.24, 2.45) is 0 Å². The molecule has 1 aromatic rings. The average molecular weight is 317 g/mol. The number of rotatable bonds is 2. The van der Waals surface area contributed by atoms with Gasteiger partial charge in [-0.2, -0.15) is 0 Å². The van der Waals surface area contributed by atoms with Gasteiger partial charge in [-0.05, 0) is 18.6 Å². The maximum absolute atomic E-state index is 11.2. The Morgan fingerprint density at radius 1 is 1.41 bits per heavy atom. The summed E-state index contributed by atoms with van der Waals surface area (Å²) in [5, 5.41) is 0.328. The molecular weight excluding hydrogens is 310 g/mol. The van der Waals surface area contributed by atoms with Crippen molar-refractivity contribution in [3.63, 3.8) is 0 Å². The average Bonchev–Trinajstić information content (AvgIpc) is 2.11. The Morgan fingerprint density at radius 2 is 2.06 bits per heavy atom. The lowest BCUT2D eigenvalue weighted by Gasteiger charge is -2.11. The molecule has 0 bridgehead atoms. The van der Waals surface area contributed by atoms with E-state index in [1.165, 1.54) is 6.07 Å². The molecule has 1 radical (unpaired) electrons. The number of hydrogen-bond acceptors (Lipinski definition) is 3. The van der Waals surface area contributed by atoms with Crippen molar-refractivity contribution in [2.75, 3.05) is 6.61 Å². The fourth-order valence-electron chi connectivity index (χ4n) is 0.966. The molecule has 7 heteroatoms. The van der Waals surface area contributed by atoms with Gasteiger partial charge in [0.15, 0.2) is 0 Å². The molecule has 0 heterocycles. The van der Waals surface area contributed by atoms with E-state index in [1.54, 1.807) is 13.0 Å². The molecule has 93 valence electrons. The smallest absolute Gasteiger partial charge is 0.429 e. The molecular formula is C10H7Cl4O3. The van der Waals surface area contributed by atoms with Crippen molar-refractivity contribution in [2.45, 2.75) is 10.7 Å². The third-order valence-electron chi connectivity index (χ3n) is 1.50. The van der Waals surface area contributed by atoms with Crippen LogP contribution in [0.25, 0.3) is 0 Å². The quantitative estimate of drug-likeness (QED) is 0.462. The maximum Gasteiger partial charge on any atom is 0.513 e. The highest BCUT2D eigenvalue weighted by atomic mass is 35.6. The van der Waals surface area contributed by atoms with Crippen LogP contribution in [0.2, 0.25) is 5.02 Å². The summed E-state index contributed by atoms with van der Waals surface area (Å²) in [6.07, 6.45) is -0.974. The van der Waals surface area contributed by atoms with Gasteiger partial charge in [0.1, 0.15) is 12.4 Å². The van der Waals surface area contributed by atoms with Gasteiger partial charge in [-0.1, -0.05) is 46.4 Å². The van der Waals surface area contributed by atoms with Gasteiger partial charge >= 0.3 is 6.16 Å². The van der Waals surface area contributed by atoms with Crippen LogP contribution in [0, 0.1) is 13.0 Å². The maximum atomic E-state index is 11.2. The fourth-order valence-corrected chi connectivity index (χ4v) is 1.39. The summed E-state index contributed by atoms with van der Waals surface area (Å²) in [6, 6.07) is 5.80. The second kappa shape index (κ2) is 6.01. The van der Waals surface area contributed by atoms with Gasteiger partial charge in [0.25, 0.3) is 0 Å². The highest BCUT2D eigenvalue weighted by Crippen LogP contribution is 2.26. The van der Waals surface area contributed by atoms with Crippen LogP contribution in [0.1, 0.15) is 5.56 Å². The lowest BCUT2D eigenvalue weighted by Crippen LogP contribution is -2.19. The third-order valence-corrected chi connectivity index (χ3v) is 2.03. The molecule has 0 spiro atoms. The van der Waals surface area contributed by atoms with Gasteiger partial charge in [0.2, 0.25) is 3.79 Å². The van der Waals surface area contributed by atoms with Crippen LogP contribution in [0.4, 0.5) is 4.79 Å². The van der Waals surface area contributed by atoms with Crippen molar-refractivity contribution in [3.8, 4) is 5.75 Å². The topological polar surface area (TPSA) is 35.5 Å². The molecule has 1 aromatic carbocycles. The van der Waals surface area contributed by atoms with Crippen molar-refractivity contribution >= 4 is 52.6 Å². The predicted molar refractivity (Wildman–Crippen MR) is 67.3 cm³/mol. The lowest BCUT2D eigenvalue weighted by atomic mass is 10.2. The number of benzene rings is 1. The first kappa shape index (κ1) is 14.7. The molecule has 0 aliphatic heterocycles. The normalized spacial score (nSPS) is 11.1. The number of carbonyl (C=O) groups excluding carboxylic acids is 1. The first-order chi connectivity index (χ1) is 7.76. The zero-order valence-electron chi connectivity index (χ0n) is 8.60. The van der Waals surface area contributed by atoms with Crippen molar-refractivity contribution in [3.05, 3.63) is 28.8 Å². The van der Waals surface area contributed by atoms with E-state index in [0.717, 1.165) is 5.56 Å². The molecule has 0 saturated heterocycles. The summed E-state index contributed by atoms with van der Waals surface area (Å²) < 4.78 is 7.74. The molecule has 0 saturated carbocycles. The lowest BCUT2D eigenvalue weighted by molar-refractivity contribution is 0.101. The van der Waals surface area contributed by atoms with E-state index in [-0.39, 0.29) is 5.75 Å². The van der Waals surface area contributed by atoms with E-state index in [2.05, 4.69) is 10.8 Å². The van der Waals surface area contributed by atoms with Gasteiger partial charge in [0.05, 0.1) is 5.02 Å². The minimum atomic E-state index is -1.67. The predicted octanol–water partition coefficient (Wildman–Crippen LogP) is 4.33. The highest BCUT2D eigenvalue weighted by molar-refractivity contribution is 6.67. The molecule has 0 aromatic heterocycles. The zero-order valence-corrected chi connectivity index (χ0v) is 11.6. The van der Waals surface area contributed by atoms with E-state index < -0.39 is 16.6 Å². The summed E-state index contributed by atoms with van der Waals surface area (Å²) in [5.74, 6) is 0.237. The largest absolute Gasteiger partial charge is 0.513 e. The molecule has 1 rings (SSSR count). The molecule has 0 N–H and O–H groups in total. The number of halogens is 4. The second-order valence-electron chi connectivity index (χ2n) is 3.10. The van der Waals surface area contributed by atoms with Crippen LogP contribution in [0.5, 0.6) is 5.75 Å². The summed E-state index contributed by atoms with van der Waals surface area (Å²) in [6.45, 7) is 1.35. The van der Waals surface area contributed by atoms with Gasteiger partial charge in [0, 0.05) is 12.1 Å². The van der Waals surface area contributed by atoms with E-state index in [4.69, 9.17) is 51.1 Å². The van der Waals surface area contributed by atoms with Gasteiger partial charge in [-0.3, -0.25) is 0 Å². The fraction of sp³-hybridized carbons (Fsp3) is 0.300. The first-order valence-electron chi connectivity index (χ1n) is 4.37. The van der Waals surface area contributed by atoms with Crippen molar-refractivity contribution in [1.29, 1.82) is 0 Å². The standard InChI is InChI=1S/C10H7Cl4O3/c1-6-2-7(11)4-8(3-6)17-9(15)16-5-10(12,13)14/h3-4H,5H2,1H3. The zero-order chi connectivity index (χ0) is 13.1. The Bertz CT molecular complexity index is 394. The SMILES string of the molecule is Cc1[c]c(Cl)cc(OC(=O)OCC(Cl)(Cl)Cl)c1. The van der Waals surface area contributed by atoms with Crippen LogP contribution in [-0.2, 0) is 4.74 Å². The number of ether oxygens (including phenoxy) is 2. The Kier molecular flexibility index (Phi) is 5.20. The van der Waals surface area contributed by atoms with E-state index in [0.29, 0.717) is 5.02 Å². The summed E-state index contributed by atoms with van der Waals surface area (Å²) in [5.41, 5.74) is 0.724. The Hall–Kier alpha value is -0.350. The third kappa shape index (κ3) is 6.22. The number of aryl methyl sites for hydroxylation is 1. The van der Waals surface area contributed by atoms with Crippen LogP contribution in [-0.4, -0.2) is 16.6 Å². The van der Waals surface area contributed by atoms with Crippen molar-refractivity contribution in [1.82, 2.24) is 0 Å². The van der Waals surface area contributed by atoms with Crippen LogP contribution >= 0.6 is 46.4 Å². The Morgan fingerprint density at radius 3 is 2.59 bits per heavy atom. The molecule has 3 nitrogen and oxygen atoms in total. The number of carbonyl (C=O) groups is 1. The number of hydrogen-bond donors (Lipinski definition) is 0. The van der Waals surface area contributed by atoms with Gasteiger partial charge in [-0.15, -0.1) is 0 Å². The molecule has 0 atom stereocenters. The van der Waals surface area contributed by atoms with Crippen LogP contribution in [0.15, 0.2) is 12.1 Å². The van der Waals surface area contributed by atoms with Gasteiger partial charge < -0.3 is 9.47 Å². The number of alkyl halides is 3. The summed E-state index contributed by atoms with van der Waals surface area (Å²) in [4.78, 5) is 11.2. The molecule has 0 amide bonds. The molecule has 0 unspecified atom stereocenters. The highest BCUT2D eigenvalue weighted by Gasteiger charge is 2.22. The van der Waals surface area contributed by atoms with E-state index in [9.17, 15) is 4.79 Å². The van der Waals surface area contributed by atoms with E-state index in [1.807, 2.05) is 0 Å².